The number of imidazole rings is 1. The Morgan fingerprint density at radius 2 is 1.88 bits per heavy atom. The number of aromatic nitrogens is 5. The van der Waals surface area contributed by atoms with Gasteiger partial charge < -0.3 is 10.1 Å². The summed E-state index contributed by atoms with van der Waals surface area (Å²) in [5.74, 6) is 0.720. The molecule has 3 aromatic heterocycles. The number of ether oxygens (including phenoxy) is 1. The van der Waals surface area contributed by atoms with Gasteiger partial charge in [0.25, 0.3) is 5.91 Å². The number of anilines is 1. The average Bonchev–Trinajstić information content (AvgIpc) is 3.50. The molecule has 1 aliphatic rings. The number of nitrogens with one attached hydrogen (secondary N) is 1. The summed E-state index contributed by atoms with van der Waals surface area (Å²) in [5, 5.41) is 12.8. The second kappa shape index (κ2) is 11.4. The topological polar surface area (TPSA) is 86.3 Å². The molecule has 8 heteroatoms. The van der Waals surface area contributed by atoms with E-state index in [2.05, 4.69) is 20.1 Å². The lowest BCUT2D eigenvalue weighted by atomic mass is 9.96. The Hall–Kier alpha value is -3.42. The molecule has 0 aliphatic heterocycles. The number of nitrogens with zero attached hydrogens (tertiary/aromatic N) is 5. The first kappa shape index (κ1) is 24.2. The molecule has 0 saturated heterocycles. The Labute approximate surface area is 195 Å². The monoisotopic (exact) mass is 450 g/mol. The van der Waals surface area contributed by atoms with Gasteiger partial charge in [-0.25, -0.2) is 4.98 Å². The molecule has 0 bridgehead atoms. The van der Waals surface area contributed by atoms with Crippen LogP contribution >= 0.6 is 0 Å². The number of rotatable bonds is 4. The van der Waals surface area contributed by atoms with Crippen molar-refractivity contribution < 1.29 is 9.53 Å². The molecule has 0 radical (unpaired) electrons. The number of carbonyl (C=O) groups excluding carboxylic acids is 1. The van der Waals surface area contributed by atoms with E-state index in [0.717, 1.165) is 23.7 Å². The molecule has 0 spiro atoms. The minimum absolute atomic E-state index is 0.276. The molecule has 176 valence electrons. The zero-order valence-corrected chi connectivity index (χ0v) is 20.2. The molecule has 4 aromatic rings. The zero-order chi connectivity index (χ0) is 23.8. The number of carbonyl (C=O) groups is 1. The van der Waals surface area contributed by atoms with Crippen molar-refractivity contribution >= 4 is 28.3 Å². The predicted molar refractivity (Wildman–Crippen MR) is 132 cm³/mol. The van der Waals surface area contributed by atoms with Crippen LogP contribution in [0.2, 0.25) is 0 Å². The SMILES string of the molecule is CC.CC.COc1cc2nn(C3CCCCC3)cc2cc1C(=O)Nc1cnc2cccnn12. The van der Waals surface area contributed by atoms with E-state index in [4.69, 9.17) is 9.84 Å². The third-order valence-corrected chi connectivity index (χ3v) is 5.56. The van der Waals surface area contributed by atoms with Gasteiger partial charge in [0.1, 0.15) is 5.75 Å². The molecule has 33 heavy (non-hydrogen) atoms. The van der Waals surface area contributed by atoms with E-state index in [1.807, 2.05) is 52.1 Å². The zero-order valence-electron chi connectivity index (χ0n) is 20.2. The van der Waals surface area contributed by atoms with Gasteiger partial charge in [-0.15, -0.1) is 0 Å². The standard InChI is InChI=1S/C21H22N6O2.2C2H6/c1-29-18-11-17-14(13-26(25-17)15-6-3-2-4-7-15)10-16(18)21(28)24-20-12-22-19-8-5-9-23-27(19)20;2*1-2/h5,8-13,15H,2-4,6-7H2,1H3,(H,24,28);2*1-2H3. The summed E-state index contributed by atoms with van der Waals surface area (Å²) in [6, 6.07) is 7.73. The van der Waals surface area contributed by atoms with Gasteiger partial charge in [-0.05, 0) is 31.0 Å². The van der Waals surface area contributed by atoms with Crippen LogP contribution in [0.4, 0.5) is 5.82 Å². The Balaban J connectivity index is 0.000000728. The van der Waals surface area contributed by atoms with Gasteiger partial charge >= 0.3 is 0 Å². The lowest BCUT2D eigenvalue weighted by molar-refractivity contribution is 0.102. The highest BCUT2D eigenvalue weighted by molar-refractivity contribution is 6.08. The van der Waals surface area contributed by atoms with Crippen molar-refractivity contribution in [3.8, 4) is 5.75 Å². The van der Waals surface area contributed by atoms with Crippen molar-refractivity contribution in [3.63, 3.8) is 0 Å². The van der Waals surface area contributed by atoms with Crippen LogP contribution in [0, 0.1) is 0 Å². The molecule has 0 unspecified atom stereocenters. The fourth-order valence-electron chi connectivity index (χ4n) is 4.05. The van der Waals surface area contributed by atoms with Crippen LogP contribution in [0.3, 0.4) is 0 Å². The molecular weight excluding hydrogens is 416 g/mol. The first-order valence-electron chi connectivity index (χ1n) is 11.9. The maximum Gasteiger partial charge on any atom is 0.260 e. The molecule has 1 aromatic carbocycles. The first-order valence-corrected chi connectivity index (χ1v) is 11.9. The summed E-state index contributed by atoms with van der Waals surface area (Å²) in [5.41, 5.74) is 1.95. The van der Waals surface area contributed by atoms with Crippen molar-refractivity contribution in [2.24, 2.45) is 0 Å². The second-order valence-corrected chi connectivity index (χ2v) is 7.40. The van der Waals surface area contributed by atoms with Crippen LogP contribution in [-0.4, -0.2) is 37.4 Å². The van der Waals surface area contributed by atoms with Crippen molar-refractivity contribution in [2.75, 3.05) is 12.4 Å². The molecule has 1 saturated carbocycles. The Morgan fingerprint density at radius 3 is 2.61 bits per heavy atom. The lowest BCUT2D eigenvalue weighted by Crippen LogP contribution is -2.15. The minimum atomic E-state index is -0.276. The summed E-state index contributed by atoms with van der Waals surface area (Å²) in [7, 11) is 1.56. The Morgan fingerprint density at radius 1 is 1.12 bits per heavy atom. The maximum atomic E-state index is 13.0. The van der Waals surface area contributed by atoms with Gasteiger partial charge in [0.2, 0.25) is 0 Å². The Kier molecular flexibility index (Phi) is 8.40. The van der Waals surface area contributed by atoms with E-state index < -0.39 is 0 Å². The summed E-state index contributed by atoms with van der Waals surface area (Å²) in [6.45, 7) is 8.00. The highest BCUT2D eigenvalue weighted by Gasteiger charge is 2.20. The summed E-state index contributed by atoms with van der Waals surface area (Å²) < 4.78 is 9.13. The van der Waals surface area contributed by atoms with Crippen LogP contribution < -0.4 is 10.1 Å². The van der Waals surface area contributed by atoms with Crippen molar-refractivity contribution in [1.29, 1.82) is 0 Å². The van der Waals surface area contributed by atoms with E-state index in [9.17, 15) is 4.79 Å². The smallest absolute Gasteiger partial charge is 0.260 e. The average molecular weight is 451 g/mol. The van der Waals surface area contributed by atoms with Crippen molar-refractivity contribution in [2.45, 2.75) is 65.8 Å². The van der Waals surface area contributed by atoms with Crippen LogP contribution in [0.15, 0.2) is 42.9 Å². The molecule has 1 fully saturated rings. The summed E-state index contributed by atoms with van der Waals surface area (Å²) >= 11 is 0. The number of hydrogen-bond acceptors (Lipinski definition) is 5. The van der Waals surface area contributed by atoms with E-state index >= 15 is 0 Å². The molecular formula is C25H34N6O2. The van der Waals surface area contributed by atoms with E-state index in [1.165, 1.54) is 19.3 Å². The molecule has 3 heterocycles. The van der Waals surface area contributed by atoms with E-state index in [0.29, 0.717) is 28.8 Å². The van der Waals surface area contributed by atoms with Gasteiger partial charge in [-0.2, -0.15) is 14.7 Å². The number of hydrogen-bond donors (Lipinski definition) is 1. The summed E-state index contributed by atoms with van der Waals surface area (Å²) in [6.07, 6.45) is 11.4. The fraction of sp³-hybridized carbons (Fsp3) is 0.440. The van der Waals surface area contributed by atoms with Gasteiger partial charge in [-0.1, -0.05) is 47.0 Å². The van der Waals surface area contributed by atoms with Crippen LogP contribution in [0.5, 0.6) is 5.75 Å². The van der Waals surface area contributed by atoms with E-state index in [-0.39, 0.29) is 5.91 Å². The third kappa shape index (κ3) is 5.16. The fourth-order valence-corrected chi connectivity index (χ4v) is 4.05. The quantitative estimate of drug-likeness (QED) is 0.418. The number of benzene rings is 1. The highest BCUT2D eigenvalue weighted by atomic mass is 16.5. The van der Waals surface area contributed by atoms with Crippen LogP contribution in [0.25, 0.3) is 16.6 Å². The van der Waals surface area contributed by atoms with Gasteiger partial charge in [0.05, 0.1) is 30.4 Å². The molecule has 1 N–H and O–H groups in total. The van der Waals surface area contributed by atoms with Gasteiger partial charge in [0, 0.05) is 23.8 Å². The number of fused-ring (bicyclic) bond motifs is 2. The largest absolute Gasteiger partial charge is 0.496 e. The molecule has 0 atom stereocenters. The Bertz CT molecular complexity index is 1190. The maximum absolute atomic E-state index is 13.0. The predicted octanol–water partition coefficient (Wildman–Crippen LogP) is 5.90. The molecule has 1 aliphatic carbocycles. The minimum Gasteiger partial charge on any atom is -0.496 e. The number of amides is 1. The molecule has 5 rings (SSSR count). The van der Waals surface area contributed by atoms with Gasteiger partial charge in [-0.3, -0.25) is 9.48 Å². The normalized spacial score (nSPS) is 13.6. The highest BCUT2D eigenvalue weighted by Crippen LogP contribution is 2.31. The third-order valence-electron chi connectivity index (χ3n) is 5.56. The van der Waals surface area contributed by atoms with Gasteiger partial charge in [0.15, 0.2) is 11.5 Å². The molecule has 8 nitrogen and oxygen atoms in total. The number of methoxy groups -OCH3 is 1. The lowest BCUT2D eigenvalue weighted by Gasteiger charge is -2.21. The summed E-state index contributed by atoms with van der Waals surface area (Å²) in [4.78, 5) is 17.3. The molecule has 1 amide bonds. The van der Waals surface area contributed by atoms with Crippen LogP contribution in [0.1, 0.15) is 76.2 Å². The van der Waals surface area contributed by atoms with Crippen molar-refractivity contribution in [1.82, 2.24) is 24.4 Å². The van der Waals surface area contributed by atoms with Crippen molar-refractivity contribution in [3.05, 3.63) is 48.4 Å². The van der Waals surface area contributed by atoms with Crippen LogP contribution in [-0.2, 0) is 0 Å². The van der Waals surface area contributed by atoms with E-state index in [1.54, 1.807) is 30.1 Å². The second-order valence-electron chi connectivity index (χ2n) is 7.40. The first-order chi connectivity index (χ1) is 16.2.